The Hall–Kier alpha value is -6.26. The van der Waals surface area contributed by atoms with Crippen LogP contribution in [0.15, 0.2) is 159 Å². The normalized spacial score (nSPS) is 11.5. The van der Waals surface area contributed by atoms with Gasteiger partial charge >= 0.3 is 0 Å². The molecule has 0 fully saturated rings. The third-order valence-electron chi connectivity index (χ3n) is 8.99. The second-order valence-electron chi connectivity index (χ2n) is 11.6. The minimum atomic E-state index is 1.01. The lowest BCUT2D eigenvalue weighted by Crippen LogP contribution is -1.91. The van der Waals surface area contributed by atoms with Gasteiger partial charge in [-0.05, 0) is 102 Å². The molecule has 0 aliphatic carbocycles. The maximum absolute atomic E-state index is 4.41. The Kier molecular flexibility index (Phi) is 6.10. The van der Waals surface area contributed by atoms with Crippen LogP contribution in [-0.2, 0) is 0 Å². The maximum Gasteiger partial charge on any atom is 0.115 e. The predicted molar refractivity (Wildman–Crippen MR) is 189 cm³/mol. The van der Waals surface area contributed by atoms with E-state index in [2.05, 4.69) is 123 Å². The Labute approximate surface area is 266 Å². The van der Waals surface area contributed by atoms with Gasteiger partial charge in [0, 0.05) is 53.9 Å². The standard InChI is InChI=1S/C42H26N4/c1-3-31(22-43-17-1)33-19-34(32-4-2-18-44-23-32)21-35(20-33)38-14-12-30-10-9-29-11-13-37(39-15-16-40(38)42(30)41(29)39)28-7-5-27(6-8-28)36-24-45-26-46-25-36/h1-26H. The smallest absolute Gasteiger partial charge is 0.115 e. The number of aromatic nitrogens is 4. The number of nitrogens with zero attached hydrogens (tertiary/aromatic N) is 4. The Morgan fingerprint density at radius 2 is 0.804 bits per heavy atom. The van der Waals surface area contributed by atoms with Crippen molar-refractivity contribution in [1.29, 1.82) is 0 Å². The monoisotopic (exact) mass is 586 g/mol. The van der Waals surface area contributed by atoms with Gasteiger partial charge in [0.2, 0.25) is 0 Å². The van der Waals surface area contributed by atoms with Gasteiger partial charge in [0.15, 0.2) is 0 Å². The molecule has 4 nitrogen and oxygen atoms in total. The fourth-order valence-electron chi connectivity index (χ4n) is 6.78. The molecule has 3 aromatic heterocycles. The summed E-state index contributed by atoms with van der Waals surface area (Å²) >= 11 is 0. The van der Waals surface area contributed by atoms with Crippen molar-refractivity contribution in [3.63, 3.8) is 0 Å². The number of hydrogen-bond acceptors (Lipinski definition) is 4. The lowest BCUT2D eigenvalue weighted by Gasteiger charge is -2.18. The van der Waals surface area contributed by atoms with Crippen LogP contribution in [0.2, 0.25) is 0 Å². The van der Waals surface area contributed by atoms with Crippen LogP contribution < -0.4 is 0 Å². The third kappa shape index (κ3) is 4.39. The average Bonchev–Trinajstić information content (AvgIpc) is 3.14. The largest absolute Gasteiger partial charge is 0.264 e. The lowest BCUT2D eigenvalue weighted by molar-refractivity contribution is 1.17. The van der Waals surface area contributed by atoms with E-state index in [1.807, 2.05) is 49.3 Å². The summed E-state index contributed by atoms with van der Waals surface area (Å²) in [4.78, 5) is 17.2. The highest BCUT2D eigenvalue weighted by Gasteiger charge is 2.16. The molecule has 6 aromatic carbocycles. The Balaban J connectivity index is 1.24. The highest BCUT2D eigenvalue weighted by molar-refractivity contribution is 6.27. The molecule has 0 aliphatic heterocycles. The molecule has 0 amide bonds. The van der Waals surface area contributed by atoms with E-state index >= 15 is 0 Å². The molecule has 9 aromatic rings. The molecule has 0 unspecified atom stereocenters. The predicted octanol–water partition coefficient (Wildman–Crippen LogP) is 10.5. The fraction of sp³-hybridized carbons (Fsp3) is 0. The van der Waals surface area contributed by atoms with Crippen molar-refractivity contribution in [2.24, 2.45) is 0 Å². The lowest BCUT2D eigenvalue weighted by atomic mass is 9.86. The van der Waals surface area contributed by atoms with E-state index in [1.54, 1.807) is 6.33 Å². The summed E-state index contributed by atoms with van der Waals surface area (Å²) in [6.07, 6.45) is 12.7. The van der Waals surface area contributed by atoms with Crippen LogP contribution in [0, 0.1) is 0 Å². The molecule has 3 heterocycles. The van der Waals surface area contributed by atoms with Crippen molar-refractivity contribution < 1.29 is 0 Å². The van der Waals surface area contributed by atoms with Crippen molar-refractivity contribution in [1.82, 2.24) is 19.9 Å². The molecular weight excluding hydrogens is 560 g/mol. The van der Waals surface area contributed by atoms with Crippen LogP contribution in [-0.4, -0.2) is 19.9 Å². The van der Waals surface area contributed by atoms with Crippen LogP contribution in [0.3, 0.4) is 0 Å². The number of hydrogen-bond donors (Lipinski definition) is 0. The van der Waals surface area contributed by atoms with E-state index in [0.29, 0.717) is 0 Å². The highest BCUT2D eigenvalue weighted by Crippen LogP contribution is 2.43. The SMILES string of the molecule is c1cncc(-c2cc(-c3cccnc3)cc(-c3ccc4ccc5ccc(-c6ccc(-c7cncnc7)cc6)c6ccc3c4c56)c2)c1. The third-order valence-corrected chi connectivity index (χ3v) is 8.99. The number of rotatable bonds is 5. The first-order chi connectivity index (χ1) is 22.8. The molecule has 0 saturated carbocycles. The van der Waals surface area contributed by atoms with Gasteiger partial charge in [-0.2, -0.15) is 0 Å². The van der Waals surface area contributed by atoms with Crippen molar-refractivity contribution in [2.45, 2.75) is 0 Å². The molecule has 9 rings (SSSR count). The highest BCUT2D eigenvalue weighted by atomic mass is 14.8. The quantitative estimate of drug-likeness (QED) is 0.188. The molecule has 0 radical (unpaired) electrons. The first-order valence-electron chi connectivity index (χ1n) is 15.3. The van der Waals surface area contributed by atoms with Gasteiger partial charge < -0.3 is 0 Å². The van der Waals surface area contributed by atoms with Gasteiger partial charge in [-0.15, -0.1) is 0 Å². The fourth-order valence-corrected chi connectivity index (χ4v) is 6.78. The van der Waals surface area contributed by atoms with E-state index in [4.69, 9.17) is 0 Å². The van der Waals surface area contributed by atoms with Gasteiger partial charge in [0.05, 0.1) is 0 Å². The molecule has 214 valence electrons. The Morgan fingerprint density at radius 3 is 1.35 bits per heavy atom. The summed E-state index contributed by atoms with van der Waals surface area (Å²) in [5, 5.41) is 7.57. The zero-order valence-corrected chi connectivity index (χ0v) is 24.8. The minimum Gasteiger partial charge on any atom is -0.264 e. The molecule has 46 heavy (non-hydrogen) atoms. The van der Waals surface area contributed by atoms with Gasteiger partial charge in [-0.25, -0.2) is 9.97 Å². The summed E-state index contributed by atoms with van der Waals surface area (Å²) in [5.74, 6) is 0. The van der Waals surface area contributed by atoms with Crippen LogP contribution in [0.1, 0.15) is 0 Å². The minimum absolute atomic E-state index is 1.01. The van der Waals surface area contributed by atoms with E-state index in [0.717, 1.165) is 33.4 Å². The second kappa shape index (κ2) is 10.7. The molecule has 0 aliphatic rings. The topological polar surface area (TPSA) is 51.6 Å². The molecule has 0 bridgehead atoms. The number of benzene rings is 6. The zero-order valence-electron chi connectivity index (χ0n) is 24.8. The summed E-state index contributed by atoms with van der Waals surface area (Å²) in [5.41, 5.74) is 11.3. The molecule has 0 atom stereocenters. The molecule has 4 heteroatoms. The van der Waals surface area contributed by atoms with Crippen LogP contribution in [0.25, 0.3) is 88.0 Å². The summed E-state index contributed by atoms with van der Waals surface area (Å²) < 4.78 is 0. The summed E-state index contributed by atoms with van der Waals surface area (Å²) in [6, 6.07) is 41.9. The van der Waals surface area contributed by atoms with Gasteiger partial charge in [-0.3, -0.25) is 9.97 Å². The Bertz CT molecular complexity index is 2430. The molecule has 0 saturated heterocycles. The van der Waals surface area contributed by atoms with E-state index in [1.165, 1.54) is 54.6 Å². The summed E-state index contributed by atoms with van der Waals surface area (Å²) in [6.45, 7) is 0. The Morgan fingerprint density at radius 1 is 0.326 bits per heavy atom. The van der Waals surface area contributed by atoms with Crippen molar-refractivity contribution in [3.8, 4) is 55.6 Å². The molecular formula is C42H26N4. The van der Waals surface area contributed by atoms with Crippen molar-refractivity contribution >= 4 is 32.3 Å². The number of pyridine rings is 2. The van der Waals surface area contributed by atoms with E-state index in [9.17, 15) is 0 Å². The van der Waals surface area contributed by atoms with Gasteiger partial charge in [-0.1, -0.05) is 84.9 Å². The average molecular weight is 587 g/mol. The van der Waals surface area contributed by atoms with Gasteiger partial charge in [0.1, 0.15) is 6.33 Å². The summed E-state index contributed by atoms with van der Waals surface area (Å²) in [7, 11) is 0. The van der Waals surface area contributed by atoms with E-state index < -0.39 is 0 Å². The molecule has 0 spiro atoms. The van der Waals surface area contributed by atoms with E-state index in [-0.39, 0.29) is 0 Å². The second-order valence-corrected chi connectivity index (χ2v) is 11.6. The van der Waals surface area contributed by atoms with Crippen molar-refractivity contribution in [3.05, 3.63) is 159 Å². The first kappa shape index (κ1) is 26.2. The van der Waals surface area contributed by atoms with Crippen LogP contribution in [0.4, 0.5) is 0 Å². The van der Waals surface area contributed by atoms with Crippen LogP contribution in [0.5, 0.6) is 0 Å². The van der Waals surface area contributed by atoms with Crippen molar-refractivity contribution in [2.75, 3.05) is 0 Å². The first-order valence-corrected chi connectivity index (χ1v) is 15.3. The van der Waals surface area contributed by atoms with Crippen LogP contribution >= 0.6 is 0 Å². The maximum atomic E-state index is 4.41. The zero-order chi connectivity index (χ0) is 30.5. The van der Waals surface area contributed by atoms with Gasteiger partial charge in [0.25, 0.3) is 0 Å². The molecule has 0 N–H and O–H groups in total.